The molecule has 0 aliphatic heterocycles. The maximum Gasteiger partial charge on any atom is 0.255 e. The number of benzene rings is 2. The Balaban J connectivity index is 1.72. The molecule has 3 nitrogen and oxygen atoms in total. The molecule has 0 aliphatic rings. The zero-order chi connectivity index (χ0) is 16.9. The van der Waals surface area contributed by atoms with Crippen LogP contribution in [0.15, 0.2) is 59.3 Å². The Labute approximate surface area is 143 Å². The van der Waals surface area contributed by atoms with Crippen molar-refractivity contribution in [3.8, 4) is 5.75 Å². The number of hydrogen-bond acceptors (Lipinski definition) is 3. The molecule has 122 valence electrons. The summed E-state index contributed by atoms with van der Waals surface area (Å²) in [4.78, 5) is 12.2. The molecule has 1 aromatic heterocycles. The van der Waals surface area contributed by atoms with Gasteiger partial charge in [0.2, 0.25) is 0 Å². The van der Waals surface area contributed by atoms with E-state index >= 15 is 0 Å². The molecule has 0 bridgehead atoms. The first-order chi connectivity index (χ1) is 11.6. The molecule has 0 radical (unpaired) electrons. The molecule has 1 heterocycles. The summed E-state index contributed by atoms with van der Waals surface area (Å²) in [6.07, 6.45) is 0. The van der Waals surface area contributed by atoms with Crippen LogP contribution in [0.5, 0.6) is 5.75 Å². The fraction of sp³-hybridized carbons (Fsp3) is 0.105. The second-order valence-electron chi connectivity index (χ2n) is 5.37. The molecule has 0 saturated carbocycles. The Hall–Kier alpha value is -2.66. The summed E-state index contributed by atoms with van der Waals surface area (Å²) in [5.41, 5.74) is 2.97. The van der Waals surface area contributed by atoms with Crippen LogP contribution >= 0.6 is 11.3 Å². The number of rotatable bonds is 5. The molecule has 3 rings (SSSR count). The van der Waals surface area contributed by atoms with Crippen LogP contribution in [-0.2, 0) is 6.61 Å². The van der Waals surface area contributed by atoms with Gasteiger partial charge < -0.3 is 10.1 Å². The van der Waals surface area contributed by atoms with Gasteiger partial charge in [-0.05, 0) is 59.1 Å². The lowest BCUT2D eigenvalue weighted by Crippen LogP contribution is -2.12. The normalized spacial score (nSPS) is 10.4. The minimum absolute atomic E-state index is 0.274. The van der Waals surface area contributed by atoms with Gasteiger partial charge in [0, 0.05) is 17.3 Å². The first-order valence-electron chi connectivity index (χ1n) is 7.43. The molecule has 5 heteroatoms. The lowest BCUT2D eigenvalue weighted by molar-refractivity contribution is 0.102. The fourth-order valence-electron chi connectivity index (χ4n) is 2.20. The Morgan fingerprint density at radius 3 is 2.83 bits per heavy atom. The van der Waals surface area contributed by atoms with E-state index in [1.807, 2.05) is 29.8 Å². The highest BCUT2D eigenvalue weighted by Crippen LogP contribution is 2.24. The number of amides is 1. The molecule has 1 N–H and O–H groups in total. The lowest BCUT2D eigenvalue weighted by atomic mass is 10.1. The van der Waals surface area contributed by atoms with Crippen molar-refractivity contribution >= 4 is 22.9 Å². The molecule has 0 fully saturated rings. The van der Waals surface area contributed by atoms with Gasteiger partial charge in [0.05, 0.1) is 0 Å². The van der Waals surface area contributed by atoms with Gasteiger partial charge in [-0.2, -0.15) is 11.3 Å². The van der Waals surface area contributed by atoms with E-state index in [0.29, 0.717) is 18.0 Å². The zero-order valence-corrected chi connectivity index (χ0v) is 13.9. The maximum absolute atomic E-state index is 13.2. The molecule has 0 unspecified atom stereocenters. The second kappa shape index (κ2) is 7.27. The van der Waals surface area contributed by atoms with E-state index in [-0.39, 0.29) is 11.5 Å². The third kappa shape index (κ3) is 4.00. The summed E-state index contributed by atoms with van der Waals surface area (Å²) in [5, 5.41) is 6.80. The van der Waals surface area contributed by atoms with Crippen molar-refractivity contribution in [2.24, 2.45) is 0 Å². The van der Waals surface area contributed by atoms with Crippen LogP contribution in [0.25, 0.3) is 0 Å². The largest absolute Gasteiger partial charge is 0.489 e. The summed E-state index contributed by atoms with van der Waals surface area (Å²) in [5.74, 6) is -0.0910. The molecular formula is C19H16FNO2S. The van der Waals surface area contributed by atoms with Crippen LogP contribution < -0.4 is 10.1 Å². The number of ether oxygens (including phenoxy) is 1. The van der Waals surface area contributed by atoms with Crippen LogP contribution in [0.3, 0.4) is 0 Å². The van der Waals surface area contributed by atoms with E-state index < -0.39 is 5.82 Å². The van der Waals surface area contributed by atoms with E-state index in [4.69, 9.17) is 4.74 Å². The van der Waals surface area contributed by atoms with Gasteiger partial charge in [0.15, 0.2) is 0 Å². The van der Waals surface area contributed by atoms with Crippen molar-refractivity contribution in [3.63, 3.8) is 0 Å². The molecule has 0 saturated heterocycles. The van der Waals surface area contributed by atoms with Gasteiger partial charge in [-0.1, -0.05) is 12.1 Å². The van der Waals surface area contributed by atoms with E-state index in [9.17, 15) is 9.18 Å². The fourth-order valence-corrected chi connectivity index (χ4v) is 2.86. The van der Waals surface area contributed by atoms with Crippen LogP contribution in [0.2, 0.25) is 0 Å². The predicted molar refractivity (Wildman–Crippen MR) is 94.2 cm³/mol. The van der Waals surface area contributed by atoms with Crippen molar-refractivity contribution in [3.05, 3.63) is 81.8 Å². The summed E-state index contributed by atoms with van der Waals surface area (Å²) < 4.78 is 19.0. The molecule has 0 aliphatic carbocycles. The van der Waals surface area contributed by atoms with Crippen molar-refractivity contribution < 1.29 is 13.9 Å². The minimum atomic E-state index is -0.439. The van der Waals surface area contributed by atoms with Crippen LogP contribution in [-0.4, -0.2) is 5.91 Å². The molecule has 0 atom stereocenters. The minimum Gasteiger partial charge on any atom is -0.489 e. The van der Waals surface area contributed by atoms with Crippen molar-refractivity contribution in [1.82, 2.24) is 0 Å². The highest BCUT2D eigenvalue weighted by Gasteiger charge is 2.09. The van der Waals surface area contributed by atoms with Gasteiger partial charge in [-0.3, -0.25) is 4.79 Å². The number of anilines is 1. The van der Waals surface area contributed by atoms with Crippen molar-refractivity contribution in [2.75, 3.05) is 5.32 Å². The number of aryl methyl sites for hydroxylation is 1. The van der Waals surface area contributed by atoms with Crippen LogP contribution in [0.1, 0.15) is 21.5 Å². The molecule has 3 aromatic rings. The van der Waals surface area contributed by atoms with E-state index in [1.165, 1.54) is 18.2 Å². The Kier molecular flexibility index (Phi) is 4.91. The first-order valence-corrected chi connectivity index (χ1v) is 8.37. The molecule has 24 heavy (non-hydrogen) atoms. The van der Waals surface area contributed by atoms with E-state index in [2.05, 4.69) is 5.32 Å². The second-order valence-corrected chi connectivity index (χ2v) is 6.15. The quantitative estimate of drug-likeness (QED) is 0.707. The molecule has 2 aromatic carbocycles. The number of carbonyl (C=O) groups excluding carboxylic acids is 1. The average molecular weight is 341 g/mol. The monoisotopic (exact) mass is 341 g/mol. The van der Waals surface area contributed by atoms with Crippen molar-refractivity contribution in [1.29, 1.82) is 0 Å². The van der Waals surface area contributed by atoms with Gasteiger partial charge in [0.25, 0.3) is 5.91 Å². The zero-order valence-electron chi connectivity index (χ0n) is 13.1. The number of halogens is 1. The van der Waals surface area contributed by atoms with Gasteiger partial charge in [0.1, 0.15) is 18.2 Å². The summed E-state index contributed by atoms with van der Waals surface area (Å²) >= 11 is 1.62. The number of hydrogen-bond donors (Lipinski definition) is 1. The summed E-state index contributed by atoms with van der Waals surface area (Å²) in [6.45, 7) is 2.42. The third-order valence-electron chi connectivity index (χ3n) is 3.51. The Bertz CT molecular complexity index is 846. The Morgan fingerprint density at radius 2 is 2.08 bits per heavy atom. The van der Waals surface area contributed by atoms with Gasteiger partial charge >= 0.3 is 0 Å². The molecule has 1 amide bonds. The summed E-state index contributed by atoms with van der Waals surface area (Å²) in [6, 6.07) is 13.1. The van der Waals surface area contributed by atoms with E-state index in [0.717, 1.165) is 11.1 Å². The van der Waals surface area contributed by atoms with Crippen LogP contribution in [0, 0.1) is 12.7 Å². The smallest absolute Gasteiger partial charge is 0.255 e. The SMILES string of the molecule is Cc1ccc(NC(=O)c2cccc(F)c2)cc1OCc1ccsc1. The predicted octanol–water partition coefficient (Wildman–Crippen LogP) is 5.03. The number of nitrogens with one attached hydrogen (secondary N) is 1. The maximum atomic E-state index is 13.2. The van der Waals surface area contributed by atoms with Crippen LogP contribution in [0.4, 0.5) is 10.1 Å². The van der Waals surface area contributed by atoms with Gasteiger partial charge in [-0.25, -0.2) is 4.39 Å². The summed E-state index contributed by atoms with van der Waals surface area (Å²) in [7, 11) is 0. The van der Waals surface area contributed by atoms with Crippen molar-refractivity contribution in [2.45, 2.75) is 13.5 Å². The highest BCUT2D eigenvalue weighted by atomic mass is 32.1. The third-order valence-corrected chi connectivity index (χ3v) is 4.24. The molecular weight excluding hydrogens is 325 g/mol. The van der Waals surface area contributed by atoms with Gasteiger partial charge in [-0.15, -0.1) is 0 Å². The standard InChI is InChI=1S/C19H16FNO2S/c1-13-5-6-17(10-18(13)23-11-14-7-8-24-12-14)21-19(22)15-3-2-4-16(20)9-15/h2-10,12H,11H2,1H3,(H,21,22). The number of thiophene rings is 1. The highest BCUT2D eigenvalue weighted by molar-refractivity contribution is 7.07. The topological polar surface area (TPSA) is 38.3 Å². The lowest BCUT2D eigenvalue weighted by Gasteiger charge is -2.11. The van der Waals surface area contributed by atoms with E-state index in [1.54, 1.807) is 29.5 Å². The first kappa shape index (κ1) is 16.2. The molecule has 0 spiro atoms. The average Bonchev–Trinajstić information content (AvgIpc) is 3.09. The number of carbonyl (C=O) groups is 1. The Morgan fingerprint density at radius 1 is 1.21 bits per heavy atom.